The highest BCUT2D eigenvalue weighted by molar-refractivity contribution is 5.92. The van der Waals surface area contributed by atoms with Crippen LogP contribution >= 0.6 is 0 Å². The van der Waals surface area contributed by atoms with Crippen molar-refractivity contribution in [1.82, 2.24) is 5.32 Å². The number of amides is 1. The van der Waals surface area contributed by atoms with Crippen LogP contribution in [-0.2, 0) is 6.54 Å². The van der Waals surface area contributed by atoms with Gasteiger partial charge in [0.15, 0.2) is 0 Å². The Morgan fingerprint density at radius 3 is 2.47 bits per heavy atom. The molecule has 0 atom stereocenters. The van der Waals surface area contributed by atoms with Crippen molar-refractivity contribution < 1.29 is 9.18 Å². The second kappa shape index (κ2) is 4.93. The lowest BCUT2D eigenvalue weighted by molar-refractivity contribution is 0.1000. The van der Waals surface area contributed by atoms with Gasteiger partial charge in [-0.25, -0.2) is 4.39 Å². The molecule has 19 heavy (non-hydrogen) atoms. The maximum absolute atomic E-state index is 13.7. The lowest BCUT2D eigenvalue weighted by Crippen LogP contribution is -2.33. The Balaban J connectivity index is 1.68. The number of halogens is 1. The Labute approximate surface area is 112 Å². The number of benzene rings is 1. The standard InChI is InChI=1S/C15H19FN2O/c16-13-6-5-11(15(17)19)7-12(13)8-18-14(9-1-2-9)10-3-4-10/h5-7,9-10,14,18H,1-4,8H2,(H2,17,19). The molecule has 0 spiro atoms. The lowest BCUT2D eigenvalue weighted by atomic mass is 10.1. The maximum atomic E-state index is 13.7. The average Bonchev–Trinajstić information content (AvgIpc) is 3.25. The van der Waals surface area contributed by atoms with Gasteiger partial charge in [0.2, 0.25) is 5.91 Å². The Bertz CT molecular complexity index is 483. The van der Waals surface area contributed by atoms with Crippen LogP contribution in [0.4, 0.5) is 4.39 Å². The Kier molecular flexibility index (Phi) is 3.27. The van der Waals surface area contributed by atoms with Crippen molar-refractivity contribution in [2.24, 2.45) is 17.6 Å². The molecule has 1 aromatic rings. The van der Waals surface area contributed by atoms with Gasteiger partial charge in [0.05, 0.1) is 0 Å². The molecule has 1 amide bonds. The summed E-state index contributed by atoms with van der Waals surface area (Å²) in [7, 11) is 0. The first kappa shape index (κ1) is 12.6. The number of rotatable bonds is 6. The highest BCUT2D eigenvalue weighted by atomic mass is 19.1. The first-order chi connectivity index (χ1) is 9.15. The first-order valence-electron chi connectivity index (χ1n) is 6.97. The number of carbonyl (C=O) groups is 1. The van der Waals surface area contributed by atoms with Gasteiger partial charge in [-0.05, 0) is 55.7 Å². The first-order valence-corrected chi connectivity index (χ1v) is 6.97. The molecule has 2 saturated carbocycles. The fourth-order valence-corrected chi connectivity index (χ4v) is 2.72. The van der Waals surface area contributed by atoms with Gasteiger partial charge in [0.25, 0.3) is 0 Å². The van der Waals surface area contributed by atoms with E-state index in [4.69, 9.17) is 5.73 Å². The smallest absolute Gasteiger partial charge is 0.248 e. The summed E-state index contributed by atoms with van der Waals surface area (Å²) in [6, 6.07) is 4.83. The third kappa shape index (κ3) is 2.95. The summed E-state index contributed by atoms with van der Waals surface area (Å²) < 4.78 is 13.7. The minimum absolute atomic E-state index is 0.275. The van der Waals surface area contributed by atoms with Gasteiger partial charge in [0, 0.05) is 23.7 Å². The highest BCUT2D eigenvalue weighted by Gasteiger charge is 2.40. The molecule has 2 fully saturated rings. The van der Waals surface area contributed by atoms with Crippen LogP contribution < -0.4 is 11.1 Å². The number of hydrogen-bond acceptors (Lipinski definition) is 2. The second-order valence-corrected chi connectivity index (χ2v) is 5.75. The number of nitrogens with one attached hydrogen (secondary N) is 1. The molecule has 0 saturated heterocycles. The van der Waals surface area contributed by atoms with Crippen molar-refractivity contribution in [3.8, 4) is 0 Å². The van der Waals surface area contributed by atoms with Crippen LogP contribution in [0.3, 0.4) is 0 Å². The molecule has 0 unspecified atom stereocenters. The topological polar surface area (TPSA) is 55.1 Å². The minimum Gasteiger partial charge on any atom is -0.366 e. The van der Waals surface area contributed by atoms with Crippen molar-refractivity contribution in [1.29, 1.82) is 0 Å². The van der Waals surface area contributed by atoms with E-state index in [9.17, 15) is 9.18 Å². The van der Waals surface area contributed by atoms with Gasteiger partial charge in [-0.2, -0.15) is 0 Å². The van der Waals surface area contributed by atoms with Gasteiger partial charge in [-0.1, -0.05) is 0 Å². The summed E-state index contributed by atoms with van der Waals surface area (Å²) in [5.74, 6) is 0.759. The summed E-state index contributed by atoms with van der Waals surface area (Å²) in [6.07, 6.45) is 5.16. The number of carbonyl (C=O) groups excluding carboxylic acids is 1. The zero-order valence-electron chi connectivity index (χ0n) is 10.9. The highest BCUT2D eigenvalue weighted by Crippen LogP contribution is 2.44. The van der Waals surface area contributed by atoms with Gasteiger partial charge in [-0.15, -0.1) is 0 Å². The van der Waals surface area contributed by atoms with Crippen LogP contribution in [0.15, 0.2) is 18.2 Å². The Morgan fingerprint density at radius 2 is 1.95 bits per heavy atom. The summed E-state index contributed by atoms with van der Waals surface area (Å²) in [6.45, 7) is 0.477. The normalized spacial score (nSPS) is 18.8. The van der Waals surface area contributed by atoms with E-state index < -0.39 is 5.91 Å². The van der Waals surface area contributed by atoms with E-state index in [0.717, 1.165) is 11.8 Å². The van der Waals surface area contributed by atoms with Crippen LogP contribution in [0.2, 0.25) is 0 Å². The zero-order chi connectivity index (χ0) is 13.4. The second-order valence-electron chi connectivity index (χ2n) is 5.75. The molecule has 0 aliphatic heterocycles. The molecule has 0 bridgehead atoms. The van der Waals surface area contributed by atoms with E-state index in [2.05, 4.69) is 5.32 Å². The molecule has 4 heteroatoms. The predicted molar refractivity (Wildman–Crippen MR) is 71.0 cm³/mol. The van der Waals surface area contributed by atoms with Crippen molar-refractivity contribution in [2.45, 2.75) is 38.3 Å². The van der Waals surface area contributed by atoms with Crippen LogP contribution in [0.5, 0.6) is 0 Å². The maximum Gasteiger partial charge on any atom is 0.248 e. The van der Waals surface area contributed by atoms with Crippen LogP contribution in [0.25, 0.3) is 0 Å². The molecule has 0 heterocycles. The van der Waals surface area contributed by atoms with Gasteiger partial charge in [0.1, 0.15) is 5.82 Å². The molecule has 0 aromatic heterocycles. The van der Waals surface area contributed by atoms with Crippen LogP contribution in [0, 0.1) is 17.7 Å². The molecule has 102 valence electrons. The molecular weight excluding hydrogens is 243 g/mol. The van der Waals surface area contributed by atoms with Crippen LogP contribution in [0.1, 0.15) is 41.6 Å². The summed E-state index contributed by atoms with van der Waals surface area (Å²) >= 11 is 0. The van der Waals surface area contributed by atoms with Crippen LogP contribution in [-0.4, -0.2) is 11.9 Å². The van der Waals surface area contributed by atoms with Crippen molar-refractivity contribution in [3.05, 3.63) is 35.1 Å². The average molecular weight is 262 g/mol. The largest absolute Gasteiger partial charge is 0.366 e. The van der Waals surface area contributed by atoms with E-state index in [1.807, 2.05) is 0 Å². The van der Waals surface area contributed by atoms with E-state index in [-0.39, 0.29) is 5.82 Å². The minimum atomic E-state index is -0.512. The molecule has 1 aromatic carbocycles. The quantitative estimate of drug-likeness (QED) is 0.825. The summed E-state index contributed by atoms with van der Waals surface area (Å²) in [5, 5.41) is 3.47. The third-order valence-electron chi connectivity index (χ3n) is 4.12. The van der Waals surface area contributed by atoms with Gasteiger partial charge < -0.3 is 11.1 Å². The molecule has 0 radical (unpaired) electrons. The summed E-state index contributed by atoms with van der Waals surface area (Å²) in [4.78, 5) is 11.1. The number of hydrogen-bond donors (Lipinski definition) is 2. The number of nitrogens with two attached hydrogens (primary N) is 1. The molecular formula is C15H19FN2O. The monoisotopic (exact) mass is 262 g/mol. The third-order valence-corrected chi connectivity index (χ3v) is 4.12. The molecule has 3 rings (SSSR count). The van der Waals surface area contributed by atoms with Gasteiger partial charge >= 0.3 is 0 Å². The van der Waals surface area contributed by atoms with Crippen molar-refractivity contribution >= 4 is 5.91 Å². The number of primary amides is 1. The fourth-order valence-electron chi connectivity index (χ4n) is 2.72. The van der Waals surface area contributed by atoms with E-state index in [0.29, 0.717) is 23.7 Å². The zero-order valence-corrected chi connectivity index (χ0v) is 10.9. The van der Waals surface area contributed by atoms with E-state index >= 15 is 0 Å². The summed E-state index contributed by atoms with van der Waals surface area (Å²) in [5.41, 5.74) is 6.12. The molecule has 3 nitrogen and oxygen atoms in total. The van der Waals surface area contributed by atoms with Gasteiger partial charge in [-0.3, -0.25) is 4.79 Å². The molecule has 2 aliphatic rings. The predicted octanol–water partition coefficient (Wildman–Crippen LogP) is 2.20. The molecule has 2 aliphatic carbocycles. The lowest BCUT2D eigenvalue weighted by Gasteiger charge is -2.18. The molecule has 3 N–H and O–H groups in total. The Hall–Kier alpha value is -1.42. The Morgan fingerprint density at radius 1 is 1.32 bits per heavy atom. The van der Waals surface area contributed by atoms with E-state index in [1.165, 1.54) is 37.8 Å². The fraction of sp³-hybridized carbons (Fsp3) is 0.533. The SMILES string of the molecule is NC(=O)c1ccc(F)c(CNC(C2CC2)C2CC2)c1. The van der Waals surface area contributed by atoms with Crippen molar-refractivity contribution in [3.63, 3.8) is 0 Å². The van der Waals surface area contributed by atoms with Crippen molar-refractivity contribution in [2.75, 3.05) is 0 Å². The van der Waals surface area contributed by atoms with E-state index in [1.54, 1.807) is 6.07 Å².